The van der Waals surface area contributed by atoms with Crippen molar-refractivity contribution in [3.05, 3.63) is 39.4 Å². The van der Waals surface area contributed by atoms with Crippen molar-refractivity contribution in [2.75, 3.05) is 6.54 Å². The van der Waals surface area contributed by atoms with Crippen LogP contribution in [0, 0.1) is 0 Å². The number of aliphatic hydroxyl groups is 1. The van der Waals surface area contributed by atoms with Crippen molar-refractivity contribution in [3.63, 3.8) is 0 Å². The molecule has 1 heterocycles. The van der Waals surface area contributed by atoms with Crippen molar-refractivity contribution < 1.29 is 5.11 Å². The second-order valence-corrected chi connectivity index (χ2v) is 5.14. The molecule has 3 N–H and O–H groups in total. The zero-order valence-corrected chi connectivity index (χ0v) is 12.1. The van der Waals surface area contributed by atoms with E-state index in [-0.39, 0.29) is 11.7 Å². The second-order valence-electron chi connectivity index (χ2n) is 4.70. The van der Waals surface area contributed by atoms with Crippen LogP contribution in [-0.2, 0) is 6.54 Å². The monoisotopic (exact) mass is 295 g/mol. The summed E-state index contributed by atoms with van der Waals surface area (Å²) >= 11 is 5.91. The highest BCUT2D eigenvalue weighted by Crippen LogP contribution is 2.14. The van der Waals surface area contributed by atoms with Crippen LogP contribution in [0.4, 0.5) is 0 Å². The van der Waals surface area contributed by atoms with E-state index in [9.17, 15) is 9.90 Å². The first-order chi connectivity index (χ1) is 9.60. The third-order valence-electron chi connectivity index (χ3n) is 3.14. The van der Waals surface area contributed by atoms with Crippen molar-refractivity contribution in [2.24, 2.45) is 0 Å². The minimum Gasteiger partial charge on any atom is -0.393 e. The average molecular weight is 296 g/mol. The molecule has 5 nitrogen and oxygen atoms in total. The number of hydrogen-bond acceptors (Lipinski definition) is 4. The van der Waals surface area contributed by atoms with Gasteiger partial charge in [-0.2, -0.15) is 0 Å². The maximum absolute atomic E-state index is 11.9. The predicted molar refractivity (Wildman–Crippen MR) is 80.0 cm³/mol. The number of aromatic amines is 1. The summed E-state index contributed by atoms with van der Waals surface area (Å²) in [7, 11) is 0. The number of hydrogen-bond donors (Lipinski definition) is 3. The fraction of sp³-hybridized carbons (Fsp3) is 0.429. The lowest BCUT2D eigenvalue weighted by Crippen LogP contribution is -2.23. The van der Waals surface area contributed by atoms with E-state index in [2.05, 4.69) is 15.3 Å². The van der Waals surface area contributed by atoms with E-state index < -0.39 is 0 Å². The molecule has 0 fully saturated rings. The van der Waals surface area contributed by atoms with Gasteiger partial charge in [-0.1, -0.05) is 18.5 Å². The summed E-state index contributed by atoms with van der Waals surface area (Å²) < 4.78 is 0. The first-order valence-corrected chi connectivity index (χ1v) is 7.05. The third-order valence-corrected chi connectivity index (χ3v) is 3.37. The largest absolute Gasteiger partial charge is 0.393 e. The maximum atomic E-state index is 11.9. The van der Waals surface area contributed by atoms with E-state index in [1.165, 1.54) is 0 Å². The van der Waals surface area contributed by atoms with Crippen LogP contribution >= 0.6 is 11.6 Å². The molecule has 0 aliphatic rings. The number of fused-ring (bicyclic) bond motifs is 1. The van der Waals surface area contributed by atoms with Gasteiger partial charge in [0.15, 0.2) is 0 Å². The van der Waals surface area contributed by atoms with Crippen molar-refractivity contribution >= 4 is 22.5 Å². The molecule has 6 heteroatoms. The van der Waals surface area contributed by atoms with Gasteiger partial charge < -0.3 is 15.4 Å². The van der Waals surface area contributed by atoms with E-state index >= 15 is 0 Å². The molecule has 0 bridgehead atoms. The molecule has 2 rings (SSSR count). The lowest BCUT2D eigenvalue weighted by atomic mass is 10.2. The predicted octanol–water partition coefficient (Wildman–Crippen LogP) is 1.83. The van der Waals surface area contributed by atoms with Crippen molar-refractivity contribution in [1.29, 1.82) is 0 Å². The molecule has 1 atom stereocenters. The number of halogens is 1. The summed E-state index contributed by atoms with van der Waals surface area (Å²) in [6, 6.07) is 5.01. The average Bonchev–Trinajstić information content (AvgIpc) is 2.42. The molecule has 20 heavy (non-hydrogen) atoms. The van der Waals surface area contributed by atoms with E-state index in [4.69, 9.17) is 11.6 Å². The van der Waals surface area contributed by atoms with Crippen LogP contribution in [0.1, 0.15) is 25.6 Å². The first kappa shape index (κ1) is 15.0. The Bertz CT molecular complexity index is 642. The number of aromatic nitrogens is 2. The fourth-order valence-electron chi connectivity index (χ4n) is 1.92. The summed E-state index contributed by atoms with van der Waals surface area (Å²) in [6.45, 7) is 3.07. The normalized spacial score (nSPS) is 12.8. The van der Waals surface area contributed by atoms with Crippen LogP contribution in [0.25, 0.3) is 10.9 Å². The Kier molecular flexibility index (Phi) is 5.11. The van der Waals surface area contributed by atoms with Crippen LogP contribution in [-0.4, -0.2) is 27.7 Å². The minimum atomic E-state index is -0.287. The number of benzene rings is 1. The molecule has 0 radical (unpaired) electrons. The molecule has 1 aromatic carbocycles. The standard InChI is InChI=1S/C14H18ClN3O2/c1-2-10(19)5-6-16-8-13-17-12-7-9(15)3-4-11(12)14(20)18-13/h3-4,7,10,16,19H,2,5-6,8H2,1H3,(H,17,18,20). The Labute approximate surface area is 122 Å². The fourth-order valence-corrected chi connectivity index (χ4v) is 2.09. The Morgan fingerprint density at radius 3 is 3.05 bits per heavy atom. The molecule has 1 aromatic heterocycles. The van der Waals surface area contributed by atoms with Crippen molar-refractivity contribution in [1.82, 2.24) is 15.3 Å². The highest BCUT2D eigenvalue weighted by Gasteiger charge is 2.05. The van der Waals surface area contributed by atoms with Crippen LogP contribution in [0.5, 0.6) is 0 Å². The molecule has 0 saturated carbocycles. The van der Waals surface area contributed by atoms with E-state index in [0.717, 1.165) is 6.42 Å². The Balaban J connectivity index is 2.06. The van der Waals surface area contributed by atoms with Gasteiger partial charge in [-0.25, -0.2) is 4.98 Å². The summed E-state index contributed by atoms with van der Waals surface area (Å²) in [5.41, 5.74) is 0.420. The van der Waals surface area contributed by atoms with Crippen molar-refractivity contribution in [3.8, 4) is 0 Å². The molecule has 0 amide bonds. The summed E-state index contributed by atoms with van der Waals surface area (Å²) in [4.78, 5) is 19.0. The minimum absolute atomic E-state index is 0.169. The van der Waals surface area contributed by atoms with Crippen LogP contribution in [0.15, 0.2) is 23.0 Å². The zero-order valence-electron chi connectivity index (χ0n) is 11.3. The van der Waals surface area contributed by atoms with Gasteiger partial charge in [0.05, 0.1) is 23.6 Å². The highest BCUT2D eigenvalue weighted by molar-refractivity contribution is 6.31. The van der Waals surface area contributed by atoms with E-state index in [0.29, 0.717) is 41.3 Å². The topological polar surface area (TPSA) is 78.0 Å². The number of H-pyrrole nitrogens is 1. The summed E-state index contributed by atoms with van der Waals surface area (Å²) in [6.07, 6.45) is 1.13. The van der Waals surface area contributed by atoms with Crippen LogP contribution in [0.3, 0.4) is 0 Å². The zero-order chi connectivity index (χ0) is 14.5. The van der Waals surface area contributed by atoms with Gasteiger partial charge in [0, 0.05) is 5.02 Å². The molecule has 1 unspecified atom stereocenters. The van der Waals surface area contributed by atoms with Gasteiger partial charge in [0.2, 0.25) is 0 Å². The van der Waals surface area contributed by atoms with Gasteiger partial charge in [0.25, 0.3) is 5.56 Å². The Hall–Kier alpha value is -1.43. The number of nitrogens with one attached hydrogen (secondary N) is 2. The first-order valence-electron chi connectivity index (χ1n) is 6.67. The second kappa shape index (κ2) is 6.83. The van der Waals surface area contributed by atoms with Gasteiger partial charge in [-0.3, -0.25) is 4.79 Å². The third kappa shape index (κ3) is 3.79. The summed E-state index contributed by atoms with van der Waals surface area (Å²) in [5.74, 6) is 0.566. The number of rotatable bonds is 6. The Morgan fingerprint density at radius 2 is 2.30 bits per heavy atom. The van der Waals surface area contributed by atoms with Gasteiger partial charge in [-0.15, -0.1) is 0 Å². The van der Waals surface area contributed by atoms with Gasteiger partial charge >= 0.3 is 0 Å². The summed E-state index contributed by atoms with van der Waals surface area (Å²) in [5, 5.41) is 13.7. The number of aliphatic hydroxyl groups excluding tert-OH is 1. The molecule has 108 valence electrons. The smallest absolute Gasteiger partial charge is 0.258 e. The molecule has 0 aliphatic heterocycles. The molecule has 0 saturated heterocycles. The molecule has 2 aromatic rings. The SMILES string of the molecule is CCC(O)CCNCc1nc2cc(Cl)ccc2c(=O)[nH]1. The lowest BCUT2D eigenvalue weighted by molar-refractivity contribution is 0.159. The molecular weight excluding hydrogens is 278 g/mol. The van der Waals surface area contributed by atoms with Crippen molar-refractivity contribution in [2.45, 2.75) is 32.4 Å². The maximum Gasteiger partial charge on any atom is 0.258 e. The Morgan fingerprint density at radius 1 is 1.50 bits per heavy atom. The molecule has 0 aliphatic carbocycles. The molecule has 0 spiro atoms. The number of nitrogens with zero attached hydrogens (tertiary/aromatic N) is 1. The van der Waals surface area contributed by atoms with Gasteiger partial charge in [0.1, 0.15) is 5.82 Å². The quantitative estimate of drug-likeness (QED) is 0.711. The lowest BCUT2D eigenvalue weighted by Gasteiger charge is -2.08. The van der Waals surface area contributed by atoms with E-state index in [1.807, 2.05) is 6.92 Å². The van der Waals surface area contributed by atoms with Gasteiger partial charge in [-0.05, 0) is 37.6 Å². The molecular formula is C14H18ClN3O2. The highest BCUT2D eigenvalue weighted by atomic mass is 35.5. The van der Waals surface area contributed by atoms with Crippen LogP contribution in [0.2, 0.25) is 5.02 Å². The van der Waals surface area contributed by atoms with E-state index in [1.54, 1.807) is 18.2 Å². The van der Waals surface area contributed by atoms with Crippen LogP contribution < -0.4 is 10.9 Å².